The van der Waals surface area contributed by atoms with Gasteiger partial charge in [-0.15, -0.1) is 0 Å². The SMILES string of the molecule is CCc1nc2n(n1)CCC[C@@H]2NS(=O)(=O)C1=Cc2ccccc2CC1. The van der Waals surface area contributed by atoms with Gasteiger partial charge in [0.05, 0.1) is 10.9 Å². The third-order valence-corrected chi connectivity index (χ3v) is 6.50. The standard InChI is InChI=1S/C18H22N4O2S/c1-2-17-19-18-16(8-5-11-22(18)20-17)21-25(23,24)15-10-9-13-6-3-4-7-14(13)12-15/h3-4,6-7,12,16,21H,2,5,8-11H2,1H3/t16-/m0/s1. The lowest BCUT2D eigenvalue weighted by molar-refractivity contribution is 0.400. The van der Waals surface area contributed by atoms with Crippen LogP contribution in [0.25, 0.3) is 6.08 Å². The van der Waals surface area contributed by atoms with Crippen molar-refractivity contribution in [2.24, 2.45) is 0 Å². The van der Waals surface area contributed by atoms with Gasteiger partial charge in [-0.05, 0) is 42.9 Å². The van der Waals surface area contributed by atoms with Gasteiger partial charge in [0.1, 0.15) is 5.82 Å². The zero-order chi connectivity index (χ0) is 17.4. The molecule has 0 radical (unpaired) electrons. The Morgan fingerprint density at radius 3 is 2.96 bits per heavy atom. The number of fused-ring (bicyclic) bond motifs is 2. The van der Waals surface area contributed by atoms with E-state index in [0.29, 0.717) is 11.3 Å². The zero-order valence-corrected chi connectivity index (χ0v) is 15.1. The highest BCUT2D eigenvalue weighted by Gasteiger charge is 2.30. The minimum absolute atomic E-state index is 0.301. The lowest BCUT2D eigenvalue weighted by atomic mass is 9.98. The maximum absolute atomic E-state index is 12.9. The highest BCUT2D eigenvalue weighted by Crippen LogP contribution is 2.30. The molecule has 2 heterocycles. The summed E-state index contributed by atoms with van der Waals surface area (Å²) >= 11 is 0. The maximum atomic E-state index is 12.9. The molecule has 25 heavy (non-hydrogen) atoms. The molecule has 0 saturated carbocycles. The van der Waals surface area contributed by atoms with Crippen molar-refractivity contribution in [2.75, 3.05) is 0 Å². The van der Waals surface area contributed by atoms with E-state index in [-0.39, 0.29) is 6.04 Å². The van der Waals surface area contributed by atoms with Crippen LogP contribution in [0.3, 0.4) is 0 Å². The van der Waals surface area contributed by atoms with Gasteiger partial charge in [-0.2, -0.15) is 5.10 Å². The number of hydrogen-bond donors (Lipinski definition) is 1. The molecule has 1 atom stereocenters. The first-order valence-electron chi connectivity index (χ1n) is 8.81. The molecule has 0 spiro atoms. The Hall–Kier alpha value is -1.99. The van der Waals surface area contributed by atoms with Crippen LogP contribution in [0, 0.1) is 0 Å². The van der Waals surface area contributed by atoms with Crippen LogP contribution < -0.4 is 4.72 Å². The Kier molecular flexibility index (Phi) is 4.21. The van der Waals surface area contributed by atoms with Crippen LogP contribution in [0.5, 0.6) is 0 Å². The molecule has 0 bridgehead atoms. The van der Waals surface area contributed by atoms with Crippen molar-refractivity contribution in [1.82, 2.24) is 19.5 Å². The van der Waals surface area contributed by atoms with Crippen LogP contribution in [0.4, 0.5) is 0 Å². The van der Waals surface area contributed by atoms with Gasteiger partial charge in [-0.1, -0.05) is 31.2 Å². The largest absolute Gasteiger partial charge is 0.248 e. The van der Waals surface area contributed by atoms with Crippen molar-refractivity contribution in [3.8, 4) is 0 Å². The van der Waals surface area contributed by atoms with Crippen LogP contribution in [-0.4, -0.2) is 23.2 Å². The van der Waals surface area contributed by atoms with Gasteiger partial charge >= 0.3 is 0 Å². The first-order valence-corrected chi connectivity index (χ1v) is 10.3. The average molecular weight is 358 g/mol. The van der Waals surface area contributed by atoms with E-state index in [1.807, 2.05) is 29.8 Å². The van der Waals surface area contributed by atoms with E-state index >= 15 is 0 Å². The molecule has 1 aromatic heterocycles. The minimum atomic E-state index is -3.54. The third kappa shape index (κ3) is 3.14. The zero-order valence-electron chi connectivity index (χ0n) is 14.3. The fraction of sp³-hybridized carbons (Fsp3) is 0.444. The molecule has 7 heteroatoms. The number of allylic oxidation sites excluding steroid dienone is 1. The maximum Gasteiger partial charge on any atom is 0.237 e. The van der Waals surface area contributed by atoms with E-state index in [1.54, 1.807) is 6.08 Å². The number of sulfonamides is 1. The molecule has 6 nitrogen and oxygen atoms in total. The van der Waals surface area contributed by atoms with Crippen molar-refractivity contribution in [1.29, 1.82) is 0 Å². The Morgan fingerprint density at radius 2 is 2.12 bits per heavy atom. The van der Waals surface area contributed by atoms with E-state index < -0.39 is 10.0 Å². The molecule has 1 N–H and O–H groups in total. The van der Waals surface area contributed by atoms with Crippen molar-refractivity contribution < 1.29 is 8.42 Å². The molecule has 132 valence electrons. The molecule has 2 aliphatic rings. The summed E-state index contributed by atoms with van der Waals surface area (Å²) in [6.45, 7) is 2.81. The Bertz CT molecular complexity index is 930. The van der Waals surface area contributed by atoms with Crippen LogP contribution in [0.1, 0.15) is 55.0 Å². The van der Waals surface area contributed by atoms with Crippen molar-refractivity contribution in [2.45, 2.75) is 51.6 Å². The third-order valence-electron chi connectivity index (χ3n) is 4.89. The second-order valence-electron chi connectivity index (χ2n) is 6.59. The number of aromatic nitrogens is 3. The van der Waals surface area contributed by atoms with Crippen molar-refractivity contribution in [3.63, 3.8) is 0 Å². The fourth-order valence-corrected chi connectivity index (χ4v) is 4.94. The van der Waals surface area contributed by atoms with Crippen LogP contribution >= 0.6 is 0 Å². The van der Waals surface area contributed by atoms with Gasteiger partial charge in [-0.3, -0.25) is 0 Å². The second-order valence-corrected chi connectivity index (χ2v) is 8.36. The summed E-state index contributed by atoms with van der Waals surface area (Å²) in [6, 6.07) is 7.65. The molecule has 2 aromatic rings. The summed E-state index contributed by atoms with van der Waals surface area (Å²) in [7, 11) is -3.54. The Balaban J connectivity index is 1.61. The molecule has 0 fully saturated rings. The number of aryl methyl sites for hydroxylation is 3. The van der Waals surface area contributed by atoms with E-state index in [0.717, 1.165) is 49.4 Å². The Morgan fingerprint density at radius 1 is 1.28 bits per heavy atom. The molecule has 0 saturated heterocycles. The van der Waals surface area contributed by atoms with Gasteiger partial charge in [-0.25, -0.2) is 22.8 Å². The normalized spacial score (nSPS) is 19.9. The Labute approximate surface area is 148 Å². The van der Waals surface area contributed by atoms with Crippen LogP contribution in [-0.2, 0) is 29.4 Å². The summed E-state index contributed by atoms with van der Waals surface area (Å²) in [5.41, 5.74) is 2.20. The summed E-state index contributed by atoms with van der Waals surface area (Å²) in [5.74, 6) is 1.51. The molecule has 0 unspecified atom stereocenters. The highest BCUT2D eigenvalue weighted by molar-refractivity contribution is 7.93. The van der Waals surface area contributed by atoms with E-state index in [9.17, 15) is 8.42 Å². The van der Waals surface area contributed by atoms with Gasteiger partial charge in [0.15, 0.2) is 5.82 Å². The molecule has 1 aliphatic carbocycles. The van der Waals surface area contributed by atoms with Crippen molar-refractivity contribution in [3.05, 3.63) is 51.9 Å². The monoisotopic (exact) mass is 358 g/mol. The summed E-state index contributed by atoms with van der Waals surface area (Å²) in [6.07, 6.45) is 5.49. The fourth-order valence-electron chi connectivity index (χ4n) is 3.54. The first-order chi connectivity index (χ1) is 12.1. The van der Waals surface area contributed by atoms with Crippen LogP contribution in [0.2, 0.25) is 0 Å². The van der Waals surface area contributed by atoms with E-state index in [4.69, 9.17) is 0 Å². The molecule has 1 aromatic carbocycles. The molecular formula is C18H22N4O2S. The highest BCUT2D eigenvalue weighted by atomic mass is 32.2. The van der Waals surface area contributed by atoms with Gasteiger partial charge in [0.2, 0.25) is 10.0 Å². The van der Waals surface area contributed by atoms with Crippen molar-refractivity contribution >= 4 is 16.1 Å². The molecule has 4 rings (SSSR count). The smallest absolute Gasteiger partial charge is 0.237 e. The summed E-state index contributed by atoms with van der Waals surface area (Å²) < 4.78 is 30.5. The van der Waals surface area contributed by atoms with Gasteiger partial charge in [0.25, 0.3) is 0 Å². The molecular weight excluding hydrogens is 336 g/mol. The quantitative estimate of drug-likeness (QED) is 0.911. The summed E-state index contributed by atoms with van der Waals surface area (Å²) in [5, 5.41) is 4.45. The van der Waals surface area contributed by atoms with E-state index in [1.165, 1.54) is 5.56 Å². The number of nitrogens with zero attached hydrogens (tertiary/aromatic N) is 3. The van der Waals surface area contributed by atoms with E-state index in [2.05, 4.69) is 20.9 Å². The predicted octanol–water partition coefficient (Wildman–Crippen LogP) is 2.58. The number of benzene rings is 1. The predicted molar refractivity (Wildman–Crippen MR) is 96.2 cm³/mol. The molecule has 1 aliphatic heterocycles. The average Bonchev–Trinajstić information content (AvgIpc) is 3.05. The summed E-state index contributed by atoms with van der Waals surface area (Å²) in [4.78, 5) is 4.98. The topological polar surface area (TPSA) is 76.9 Å². The minimum Gasteiger partial charge on any atom is -0.248 e. The number of hydrogen-bond acceptors (Lipinski definition) is 4. The first kappa shape index (κ1) is 16.5. The lowest BCUT2D eigenvalue weighted by Gasteiger charge is -2.24. The van der Waals surface area contributed by atoms with Gasteiger partial charge < -0.3 is 0 Å². The number of nitrogens with one attached hydrogen (secondary N) is 1. The molecule has 0 amide bonds. The number of rotatable bonds is 4. The van der Waals surface area contributed by atoms with Crippen LogP contribution in [0.15, 0.2) is 29.2 Å². The second kappa shape index (κ2) is 6.38. The lowest BCUT2D eigenvalue weighted by Crippen LogP contribution is -2.34. The van der Waals surface area contributed by atoms with Gasteiger partial charge in [0, 0.05) is 13.0 Å².